The van der Waals surface area contributed by atoms with Gasteiger partial charge in [-0.2, -0.15) is 5.10 Å². The Kier molecular flexibility index (Phi) is 4.84. The van der Waals surface area contributed by atoms with Crippen molar-refractivity contribution >= 4 is 11.6 Å². The van der Waals surface area contributed by atoms with Crippen LogP contribution in [0.1, 0.15) is 22.4 Å². The second-order valence-corrected chi connectivity index (χ2v) is 5.78. The van der Waals surface area contributed by atoms with Gasteiger partial charge in [-0.3, -0.25) is 4.68 Å². The molecule has 0 spiro atoms. The molecule has 1 N–H and O–H groups in total. The monoisotopic (exact) mass is 292 g/mol. The van der Waals surface area contributed by atoms with E-state index in [1.807, 2.05) is 14.0 Å². The first-order valence-electron chi connectivity index (χ1n) is 6.85. The maximum absolute atomic E-state index is 9.62. The van der Waals surface area contributed by atoms with Crippen LogP contribution in [0, 0.1) is 19.8 Å². The number of hydrogen-bond donors (Lipinski definition) is 1. The molecule has 0 saturated heterocycles. The summed E-state index contributed by atoms with van der Waals surface area (Å²) in [5.41, 5.74) is 4.48. The quantitative estimate of drug-likeness (QED) is 0.920. The van der Waals surface area contributed by atoms with E-state index in [0.717, 1.165) is 24.1 Å². The minimum absolute atomic E-state index is 0.151. The third-order valence-electron chi connectivity index (χ3n) is 3.67. The van der Waals surface area contributed by atoms with Crippen molar-refractivity contribution in [2.24, 2.45) is 13.0 Å². The molecule has 0 fully saturated rings. The minimum Gasteiger partial charge on any atom is -0.396 e. The average molecular weight is 293 g/mol. The zero-order chi connectivity index (χ0) is 14.7. The first kappa shape index (κ1) is 15.1. The molecule has 0 saturated carbocycles. The number of rotatable bonds is 5. The van der Waals surface area contributed by atoms with Crippen molar-refractivity contribution in [2.75, 3.05) is 6.61 Å². The van der Waals surface area contributed by atoms with E-state index in [-0.39, 0.29) is 12.5 Å². The average Bonchev–Trinajstić information content (AvgIpc) is 2.66. The van der Waals surface area contributed by atoms with Crippen LogP contribution in [-0.4, -0.2) is 21.5 Å². The lowest BCUT2D eigenvalue weighted by Gasteiger charge is -2.14. The van der Waals surface area contributed by atoms with Gasteiger partial charge < -0.3 is 5.11 Å². The number of aliphatic hydroxyl groups is 1. The molecule has 1 aromatic carbocycles. The van der Waals surface area contributed by atoms with E-state index in [2.05, 4.69) is 36.3 Å². The molecule has 0 amide bonds. The van der Waals surface area contributed by atoms with Gasteiger partial charge in [-0.25, -0.2) is 0 Å². The summed E-state index contributed by atoms with van der Waals surface area (Å²) in [5.74, 6) is 0.165. The molecular formula is C16H21ClN2O. The molecule has 0 radical (unpaired) electrons. The maximum Gasteiger partial charge on any atom is 0.130 e. The summed E-state index contributed by atoms with van der Waals surface area (Å²) in [5, 5.41) is 14.6. The molecule has 1 atom stereocenters. The molecule has 0 aliphatic heterocycles. The molecule has 0 bridgehead atoms. The predicted octanol–water partition coefficient (Wildman–Crippen LogP) is 3.08. The third kappa shape index (κ3) is 3.41. The third-order valence-corrected chi connectivity index (χ3v) is 4.14. The number of benzene rings is 1. The topological polar surface area (TPSA) is 38.1 Å². The fourth-order valence-corrected chi connectivity index (χ4v) is 2.70. The first-order chi connectivity index (χ1) is 9.51. The zero-order valence-corrected chi connectivity index (χ0v) is 13.0. The molecule has 1 aromatic heterocycles. The van der Waals surface area contributed by atoms with E-state index in [1.54, 1.807) is 4.68 Å². The van der Waals surface area contributed by atoms with Crippen LogP contribution < -0.4 is 0 Å². The summed E-state index contributed by atoms with van der Waals surface area (Å²) in [4.78, 5) is 0. The minimum atomic E-state index is 0.151. The molecule has 0 aliphatic carbocycles. The van der Waals surface area contributed by atoms with Gasteiger partial charge in [0.15, 0.2) is 0 Å². The van der Waals surface area contributed by atoms with Gasteiger partial charge in [0, 0.05) is 19.2 Å². The van der Waals surface area contributed by atoms with Gasteiger partial charge in [0.25, 0.3) is 0 Å². The maximum atomic E-state index is 9.62. The summed E-state index contributed by atoms with van der Waals surface area (Å²) in [6, 6.07) is 8.45. The van der Waals surface area contributed by atoms with E-state index in [0.29, 0.717) is 5.15 Å². The van der Waals surface area contributed by atoms with Crippen LogP contribution in [0.2, 0.25) is 5.15 Å². The lowest BCUT2D eigenvalue weighted by Crippen LogP contribution is -2.13. The summed E-state index contributed by atoms with van der Waals surface area (Å²) in [6.45, 7) is 4.19. The highest BCUT2D eigenvalue weighted by Crippen LogP contribution is 2.23. The van der Waals surface area contributed by atoms with Crippen LogP contribution in [0.4, 0.5) is 0 Å². The van der Waals surface area contributed by atoms with Gasteiger partial charge >= 0.3 is 0 Å². The van der Waals surface area contributed by atoms with Crippen molar-refractivity contribution in [2.45, 2.75) is 26.7 Å². The van der Waals surface area contributed by atoms with Gasteiger partial charge in [0.2, 0.25) is 0 Å². The van der Waals surface area contributed by atoms with Crippen LogP contribution in [-0.2, 0) is 19.9 Å². The molecule has 108 valence electrons. The highest BCUT2D eigenvalue weighted by atomic mass is 35.5. The Hall–Kier alpha value is -1.32. The van der Waals surface area contributed by atoms with Gasteiger partial charge in [0.05, 0.1) is 5.69 Å². The molecule has 1 heterocycles. The highest BCUT2D eigenvalue weighted by molar-refractivity contribution is 6.30. The highest BCUT2D eigenvalue weighted by Gasteiger charge is 2.17. The largest absolute Gasteiger partial charge is 0.396 e. The van der Waals surface area contributed by atoms with Crippen molar-refractivity contribution < 1.29 is 5.11 Å². The molecule has 4 heteroatoms. The van der Waals surface area contributed by atoms with E-state index in [4.69, 9.17) is 11.6 Å². The first-order valence-corrected chi connectivity index (χ1v) is 7.23. The van der Waals surface area contributed by atoms with E-state index < -0.39 is 0 Å². The smallest absolute Gasteiger partial charge is 0.130 e. The number of aliphatic hydroxyl groups excluding tert-OH is 1. The molecule has 0 aliphatic rings. The molecule has 2 aromatic rings. The van der Waals surface area contributed by atoms with Crippen LogP contribution in [0.25, 0.3) is 0 Å². The standard InChI is InChI=1S/C16H21ClN2O/c1-11-4-6-13(7-5-11)8-14(10-20)9-15-12(2)18-19(3)16(15)17/h4-7,14,20H,8-10H2,1-3H3. The van der Waals surface area contributed by atoms with E-state index >= 15 is 0 Å². The predicted molar refractivity (Wildman–Crippen MR) is 82.1 cm³/mol. The van der Waals surface area contributed by atoms with Crippen molar-refractivity contribution in [1.29, 1.82) is 0 Å². The Morgan fingerprint density at radius 1 is 1.20 bits per heavy atom. The Morgan fingerprint density at radius 3 is 2.35 bits per heavy atom. The van der Waals surface area contributed by atoms with E-state index in [9.17, 15) is 5.11 Å². The van der Waals surface area contributed by atoms with Crippen LogP contribution >= 0.6 is 11.6 Å². The SMILES string of the molecule is Cc1ccc(CC(CO)Cc2c(C)nn(C)c2Cl)cc1. The lowest BCUT2D eigenvalue weighted by molar-refractivity contribution is 0.225. The summed E-state index contributed by atoms with van der Waals surface area (Å²) in [7, 11) is 1.84. The molecule has 20 heavy (non-hydrogen) atoms. The van der Waals surface area contributed by atoms with Gasteiger partial charge in [-0.05, 0) is 38.2 Å². The Bertz CT molecular complexity index is 575. The molecule has 3 nitrogen and oxygen atoms in total. The molecule has 1 unspecified atom stereocenters. The molecule has 2 rings (SSSR count). The van der Waals surface area contributed by atoms with Crippen molar-refractivity contribution in [3.63, 3.8) is 0 Å². The van der Waals surface area contributed by atoms with Gasteiger partial charge in [-0.1, -0.05) is 41.4 Å². The number of halogens is 1. The number of aromatic nitrogens is 2. The Morgan fingerprint density at radius 2 is 1.85 bits per heavy atom. The van der Waals surface area contributed by atoms with Gasteiger partial charge in [0.1, 0.15) is 5.15 Å². The van der Waals surface area contributed by atoms with Crippen molar-refractivity contribution in [3.05, 3.63) is 51.8 Å². The summed E-state index contributed by atoms with van der Waals surface area (Å²) in [6.07, 6.45) is 1.60. The fraction of sp³-hybridized carbons (Fsp3) is 0.438. The number of nitrogens with zero attached hydrogens (tertiary/aromatic N) is 2. The normalized spacial score (nSPS) is 12.7. The van der Waals surface area contributed by atoms with Crippen LogP contribution in [0.3, 0.4) is 0 Å². The molecular weight excluding hydrogens is 272 g/mol. The number of hydrogen-bond acceptors (Lipinski definition) is 2. The summed E-state index contributed by atoms with van der Waals surface area (Å²) >= 11 is 6.26. The van der Waals surface area contributed by atoms with Crippen LogP contribution in [0.5, 0.6) is 0 Å². The van der Waals surface area contributed by atoms with Crippen molar-refractivity contribution in [3.8, 4) is 0 Å². The second kappa shape index (κ2) is 6.42. The van der Waals surface area contributed by atoms with Crippen LogP contribution in [0.15, 0.2) is 24.3 Å². The van der Waals surface area contributed by atoms with Gasteiger partial charge in [-0.15, -0.1) is 0 Å². The Labute approximate surface area is 125 Å². The number of aryl methyl sites for hydroxylation is 3. The fourth-order valence-electron chi connectivity index (χ4n) is 2.45. The Balaban J connectivity index is 2.11. The van der Waals surface area contributed by atoms with E-state index in [1.165, 1.54) is 11.1 Å². The lowest BCUT2D eigenvalue weighted by atomic mass is 9.93. The summed E-state index contributed by atoms with van der Waals surface area (Å²) < 4.78 is 1.69. The zero-order valence-electron chi connectivity index (χ0n) is 12.2. The van der Waals surface area contributed by atoms with Crippen molar-refractivity contribution in [1.82, 2.24) is 9.78 Å². The second-order valence-electron chi connectivity index (χ2n) is 5.42.